The first kappa shape index (κ1) is 16.6. The number of carbonyl (C=O) groups is 1. The molecule has 134 valence electrons. The lowest BCUT2D eigenvalue weighted by Gasteiger charge is -2.45. The molecule has 3 N–H and O–H groups in total. The Morgan fingerprint density at radius 2 is 2.16 bits per heavy atom. The van der Waals surface area contributed by atoms with Crippen LogP contribution in [0.2, 0.25) is 5.02 Å². The van der Waals surface area contributed by atoms with Crippen molar-refractivity contribution in [1.82, 2.24) is 10.2 Å². The Morgan fingerprint density at radius 1 is 1.44 bits per heavy atom. The van der Waals surface area contributed by atoms with Gasteiger partial charge in [-0.2, -0.15) is 0 Å². The summed E-state index contributed by atoms with van der Waals surface area (Å²) in [5.41, 5.74) is 7.14. The SMILES string of the molecule is CC1c2cc(Cl)c(N)c(C(=O)NC3CN4CCC3CC4)c2OC[N+]1=O. The van der Waals surface area contributed by atoms with E-state index in [1.807, 2.05) is 0 Å². The van der Waals surface area contributed by atoms with E-state index in [2.05, 4.69) is 10.2 Å². The molecular formula is C17H22ClN4O3+. The van der Waals surface area contributed by atoms with Gasteiger partial charge in [0.2, 0.25) is 6.04 Å². The summed E-state index contributed by atoms with van der Waals surface area (Å²) in [4.78, 5) is 27.2. The molecule has 0 aliphatic carbocycles. The number of nitrogens with two attached hydrogens (primary N) is 1. The molecule has 3 saturated heterocycles. The lowest BCUT2D eigenvalue weighted by molar-refractivity contribution is -0.621. The van der Waals surface area contributed by atoms with Crippen molar-refractivity contribution in [2.75, 3.05) is 32.1 Å². The third kappa shape index (κ3) is 2.75. The molecule has 25 heavy (non-hydrogen) atoms. The summed E-state index contributed by atoms with van der Waals surface area (Å²) in [5, 5.41) is 3.39. The van der Waals surface area contributed by atoms with Crippen LogP contribution in [0.25, 0.3) is 0 Å². The van der Waals surface area contributed by atoms with Gasteiger partial charge in [0.1, 0.15) is 5.56 Å². The standard InChI is InChI=1S/C17H21ClN4O3/c1-9-11-6-12(18)15(19)14(16(11)25-8-22(9)24)17(23)20-13-7-21-4-2-10(13)3-5-21/h6,9-10,13H,2-5,7-8H2,1H3,(H2-,19,20,23)/p+1. The Kier molecular flexibility index (Phi) is 4.08. The average molecular weight is 366 g/mol. The summed E-state index contributed by atoms with van der Waals surface area (Å²) >= 11 is 6.22. The van der Waals surface area contributed by atoms with Crippen molar-refractivity contribution in [2.45, 2.75) is 31.8 Å². The summed E-state index contributed by atoms with van der Waals surface area (Å²) < 4.78 is 6.36. The Labute approximate surface area is 151 Å². The van der Waals surface area contributed by atoms with Crippen LogP contribution in [0.15, 0.2) is 6.07 Å². The third-order valence-corrected chi connectivity index (χ3v) is 6.03. The predicted octanol–water partition coefficient (Wildman–Crippen LogP) is 1.94. The smallest absolute Gasteiger partial charge is 0.334 e. The normalized spacial score (nSPS) is 30.6. The number of hydrogen-bond acceptors (Lipinski definition) is 5. The molecule has 2 atom stereocenters. The van der Waals surface area contributed by atoms with Crippen LogP contribution in [0.3, 0.4) is 0 Å². The van der Waals surface area contributed by atoms with Gasteiger partial charge in [0, 0.05) is 29.2 Å². The number of nitrogens with one attached hydrogen (secondary N) is 1. The molecule has 1 aromatic carbocycles. The third-order valence-electron chi connectivity index (χ3n) is 5.72. The lowest BCUT2D eigenvalue weighted by atomic mass is 9.84. The van der Waals surface area contributed by atoms with Crippen molar-refractivity contribution in [3.63, 3.8) is 0 Å². The highest BCUT2D eigenvalue weighted by Crippen LogP contribution is 2.41. The van der Waals surface area contributed by atoms with E-state index in [9.17, 15) is 9.70 Å². The average Bonchev–Trinajstić information content (AvgIpc) is 2.61. The van der Waals surface area contributed by atoms with E-state index in [-0.39, 0.29) is 35.0 Å². The lowest BCUT2D eigenvalue weighted by Crippen LogP contribution is -2.57. The number of carbonyl (C=O) groups excluding carboxylic acids is 1. The number of ether oxygens (including phenoxy) is 1. The number of nitrogens with zero attached hydrogens (tertiary/aromatic N) is 2. The van der Waals surface area contributed by atoms with Crippen LogP contribution in [0.5, 0.6) is 5.75 Å². The number of piperidine rings is 3. The zero-order valence-corrected chi connectivity index (χ0v) is 14.9. The molecule has 0 saturated carbocycles. The van der Waals surface area contributed by atoms with Gasteiger partial charge < -0.3 is 20.7 Å². The van der Waals surface area contributed by atoms with E-state index < -0.39 is 6.04 Å². The fraction of sp³-hybridized carbons (Fsp3) is 0.588. The number of nitroso groups, excluding NO2 is 1. The molecule has 0 spiro atoms. The summed E-state index contributed by atoms with van der Waals surface area (Å²) in [6, 6.07) is 1.29. The highest BCUT2D eigenvalue weighted by Gasteiger charge is 2.39. The van der Waals surface area contributed by atoms with Gasteiger partial charge in [-0.05, 0) is 37.9 Å². The molecule has 7 nitrogen and oxygen atoms in total. The van der Waals surface area contributed by atoms with Crippen molar-refractivity contribution in [2.24, 2.45) is 5.92 Å². The van der Waals surface area contributed by atoms with Crippen LogP contribution in [0.1, 0.15) is 41.7 Å². The molecule has 1 amide bonds. The van der Waals surface area contributed by atoms with Gasteiger partial charge in [0.05, 0.1) is 16.3 Å². The number of hydrogen-bond donors (Lipinski definition) is 2. The van der Waals surface area contributed by atoms with Crippen LogP contribution in [-0.2, 0) is 0 Å². The van der Waals surface area contributed by atoms with Crippen LogP contribution in [0, 0.1) is 10.8 Å². The number of anilines is 1. The summed E-state index contributed by atoms with van der Waals surface area (Å²) in [7, 11) is 0. The second-order valence-corrected chi connectivity index (χ2v) is 7.56. The molecular weight excluding hydrogens is 344 g/mol. The van der Waals surface area contributed by atoms with Crippen LogP contribution in [-0.4, -0.2) is 48.0 Å². The Balaban J connectivity index is 1.66. The summed E-state index contributed by atoms with van der Waals surface area (Å²) in [6.07, 6.45) is 2.21. The molecule has 4 heterocycles. The Morgan fingerprint density at radius 3 is 2.80 bits per heavy atom. The molecule has 5 rings (SSSR count). The minimum absolute atomic E-state index is 0.112. The molecule has 0 radical (unpaired) electrons. The summed E-state index contributed by atoms with van der Waals surface area (Å²) in [5.74, 6) is 0.601. The van der Waals surface area contributed by atoms with Crippen molar-refractivity contribution >= 4 is 23.2 Å². The van der Waals surface area contributed by atoms with E-state index in [0.717, 1.165) is 37.2 Å². The number of halogens is 1. The van der Waals surface area contributed by atoms with Gasteiger partial charge in [-0.15, -0.1) is 0 Å². The Bertz CT molecular complexity index is 746. The topological polar surface area (TPSA) is 87.7 Å². The summed E-state index contributed by atoms with van der Waals surface area (Å²) in [6.45, 7) is 4.70. The maximum Gasteiger partial charge on any atom is 0.334 e. The fourth-order valence-electron chi connectivity index (χ4n) is 4.12. The minimum Gasteiger partial charge on any atom is -0.431 e. The largest absolute Gasteiger partial charge is 0.431 e. The first-order valence-electron chi connectivity index (χ1n) is 8.67. The maximum atomic E-state index is 13.0. The maximum absolute atomic E-state index is 13.0. The van der Waals surface area contributed by atoms with E-state index in [4.69, 9.17) is 22.1 Å². The number of amides is 1. The van der Waals surface area contributed by atoms with Gasteiger partial charge in [-0.1, -0.05) is 11.6 Å². The van der Waals surface area contributed by atoms with Crippen LogP contribution < -0.4 is 15.8 Å². The Hall–Kier alpha value is -1.86. The molecule has 4 aliphatic rings. The molecule has 0 aromatic heterocycles. The van der Waals surface area contributed by atoms with Gasteiger partial charge in [0.25, 0.3) is 5.91 Å². The minimum atomic E-state index is -0.440. The number of fused-ring (bicyclic) bond motifs is 4. The highest BCUT2D eigenvalue weighted by molar-refractivity contribution is 6.34. The highest BCUT2D eigenvalue weighted by atomic mass is 35.5. The van der Waals surface area contributed by atoms with E-state index >= 15 is 0 Å². The molecule has 8 heteroatoms. The van der Waals surface area contributed by atoms with E-state index in [0.29, 0.717) is 17.2 Å². The fourth-order valence-corrected chi connectivity index (χ4v) is 4.33. The second-order valence-electron chi connectivity index (χ2n) is 7.15. The molecule has 3 fully saturated rings. The molecule has 1 aromatic rings. The molecule has 4 aliphatic heterocycles. The van der Waals surface area contributed by atoms with Crippen LogP contribution >= 0.6 is 11.6 Å². The first-order valence-corrected chi connectivity index (χ1v) is 9.05. The van der Waals surface area contributed by atoms with Gasteiger partial charge in [-0.3, -0.25) is 4.79 Å². The van der Waals surface area contributed by atoms with Crippen molar-refractivity contribution < 1.29 is 14.3 Å². The number of rotatable bonds is 2. The zero-order valence-electron chi connectivity index (χ0n) is 14.1. The van der Waals surface area contributed by atoms with Crippen molar-refractivity contribution in [3.8, 4) is 5.75 Å². The van der Waals surface area contributed by atoms with Gasteiger partial charge in [-0.25, -0.2) is 0 Å². The first-order chi connectivity index (χ1) is 12.0. The van der Waals surface area contributed by atoms with Gasteiger partial charge in [0.15, 0.2) is 5.75 Å². The predicted molar refractivity (Wildman–Crippen MR) is 93.8 cm³/mol. The van der Waals surface area contributed by atoms with Crippen molar-refractivity contribution in [1.29, 1.82) is 0 Å². The zero-order chi connectivity index (χ0) is 17.7. The van der Waals surface area contributed by atoms with E-state index in [1.165, 1.54) is 0 Å². The number of nitrogen functional groups attached to an aromatic ring is 1. The molecule has 2 bridgehead atoms. The second kappa shape index (κ2) is 6.14. The van der Waals surface area contributed by atoms with E-state index in [1.54, 1.807) is 13.0 Å². The van der Waals surface area contributed by atoms with Crippen molar-refractivity contribution in [3.05, 3.63) is 27.1 Å². The quantitative estimate of drug-likeness (QED) is 0.617. The molecule has 2 unspecified atom stereocenters. The van der Waals surface area contributed by atoms with Crippen LogP contribution in [0.4, 0.5) is 5.69 Å². The number of benzene rings is 1. The monoisotopic (exact) mass is 365 g/mol. The van der Waals surface area contributed by atoms with Gasteiger partial charge >= 0.3 is 6.73 Å².